The van der Waals surface area contributed by atoms with Crippen molar-refractivity contribution in [2.24, 2.45) is 5.92 Å². The van der Waals surface area contributed by atoms with Crippen molar-refractivity contribution in [3.05, 3.63) is 33.8 Å². The van der Waals surface area contributed by atoms with Crippen LogP contribution in [0.1, 0.15) is 23.7 Å². The van der Waals surface area contributed by atoms with E-state index in [9.17, 15) is 18.4 Å². The second-order valence-corrected chi connectivity index (χ2v) is 5.63. The Kier molecular flexibility index (Phi) is 4.08. The third-order valence-electron chi connectivity index (χ3n) is 3.55. The molecule has 1 aliphatic heterocycles. The second kappa shape index (κ2) is 5.47. The van der Waals surface area contributed by atoms with Crippen LogP contribution >= 0.6 is 15.9 Å². The summed E-state index contributed by atoms with van der Waals surface area (Å²) in [5, 5.41) is 9.01. The zero-order valence-electron chi connectivity index (χ0n) is 10.6. The molecule has 0 saturated carbocycles. The molecule has 2 unspecified atom stereocenters. The monoisotopic (exact) mass is 347 g/mol. The van der Waals surface area contributed by atoms with Crippen LogP contribution in [-0.2, 0) is 4.79 Å². The van der Waals surface area contributed by atoms with E-state index in [1.165, 1.54) is 4.90 Å². The minimum absolute atomic E-state index is 0.173. The average molecular weight is 348 g/mol. The minimum Gasteiger partial charge on any atom is -0.481 e. The standard InChI is InChI=1S/C13H12BrF2NO3/c1-6-8(13(19)20)2-3-17(6)12(18)11-9(15)4-7(14)5-10(11)16/h4-6,8H,2-3H2,1H3,(H,19,20). The summed E-state index contributed by atoms with van der Waals surface area (Å²) in [5.41, 5.74) is -0.647. The first kappa shape index (κ1) is 14.9. The van der Waals surface area contributed by atoms with Crippen molar-refractivity contribution in [1.29, 1.82) is 0 Å². The summed E-state index contributed by atoms with van der Waals surface area (Å²) in [7, 11) is 0. The first-order valence-corrected chi connectivity index (χ1v) is 6.80. The Labute approximate surface area is 122 Å². The topological polar surface area (TPSA) is 57.6 Å². The molecule has 0 bridgehead atoms. The van der Waals surface area contributed by atoms with E-state index in [2.05, 4.69) is 15.9 Å². The molecule has 1 N–H and O–H groups in total. The highest BCUT2D eigenvalue weighted by molar-refractivity contribution is 9.10. The van der Waals surface area contributed by atoms with Gasteiger partial charge >= 0.3 is 5.97 Å². The van der Waals surface area contributed by atoms with Crippen LogP contribution in [0, 0.1) is 17.6 Å². The fourth-order valence-electron chi connectivity index (χ4n) is 2.45. The number of carbonyl (C=O) groups is 2. The van der Waals surface area contributed by atoms with Gasteiger partial charge in [-0.15, -0.1) is 0 Å². The van der Waals surface area contributed by atoms with Gasteiger partial charge in [-0.3, -0.25) is 9.59 Å². The molecule has 2 rings (SSSR count). The van der Waals surface area contributed by atoms with Crippen molar-refractivity contribution in [1.82, 2.24) is 4.90 Å². The smallest absolute Gasteiger partial charge is 0.308 e. The Morgan fingerprint density at radius 1 is 1.35 bits per heavy atom. The molecule has 1 amide bonds. The number of aliphatic carboxylic acids is 1. The van der Waals surface area contributed by atoms with Crippen LogP contribution < -0.4 is 0 Å². The van der Waals surface area contributed by atoms with Crippen LogP contribution in [0.3, 0.4) is 0 Å². The fourth-order valence-corrected chi connectivity index (χ4v) is 2.85. The normalized spacial score (nSPS) is 22.1. The van der Waals surface area contributed by atoms with Gasteiger partial charge in [0.2, 0.25) is 0 Å². The zero-order valence-corrected chi connectivity index (χ0v) is 12.2. The molecule has 1 aromatic carbocycles. The molecule has 1 fully saturated rings. The lowest BCUT2D eigenvalue weighted by atomic mass is 10.0. The summed E-state index contributed by atoms with van der Waals surface area (Å²) in [6.45, 7) is 1.74. The minimum atomic E-state index is -1.01. The summed E-state index contributed by atoms with van der Waals surface area (Å²) in [4.78, 5) is 24.4. The van der Waals surface area contributed by atoms with E-state index in [0.717, 1.165) is 12.1 Å². The van der Waals surface area contributed by atoms with E-state index in [1.54, 1.807) is 6.92 Å². The lowest BCUT2D eigenvalue weighted by molar-refractivity contribution is -0.142. The summed E-state index contributed by atoms with van der Waals surface area (Å²) < 4.78 is 27.7. The Hall–Kier alpha value is -1.50. The molecule has 1 aliphatic rings. The number of halogens is 3. The molecule has 1 aromatic rings. The van der Waals surface area contributed by atoms with Gasteiger partial charge in [0.25, 0.3) is 5.91 Å². The number of hydrogen-bond donors (Lipinski definition) is 1. The predicted molar refractivity (Wildman–Crippen MR) is 70.3 cm³/mol. The van der Waals surface area contributed by atoms with Crippen LogP contribution in [-0.4, -0.2) is 34.5 Å². The Morgan fingerprint density at radius 3 is 2.35 bits per heavy atom. The highest BCUT2D eigenvalue weighted by Crippen LogP contribution is 2.28. The lowest BCUT2D eigenvalue weighted by Crippen LogP contribution is -2.38. The molecule has 2 atom stereocenters. The van der Waals surface area contributed by atoms with Crippen LogP contribution in [0.5, 0.6) is 0 Å². The molecule has 0 radical (unpaired) electrons. The average Bonchev–Trinajstić information content (AvgIpc) is 2.69. The molecule has 0 aliphatic carbocycles. The number of amides is 1. The lowest BCUT2D eigenvalue weighted by Gasteiger charge is -2.23. The van der Waals surface area contributed by atoms with Crippen molar-refractivity contribution in [3.8, 4) is 0 Å². The highest BCUT2D eigenvalue weighted by Gasteiger charge is 2.39. The second-order valence-electron chi connectivity index (χ2n) is 4.72. The number of benzene rings is 1. The van der Waals surface area contributed by atoms with Crippen molar-refractivity contribution in [3.63, 3.8) is 0 Å². The van der Waals surface area contributed by atoms with E-state index in [4.69, 9.17) is 5.11 Å². The molecule has 108 valence electrons. The molecule has 1 saturated heterocycles. The third-order valence-corrected chi connectivity index (χ3v) is 4.01. The Bertz CT molecular complexity index is 556. The zero-order chi connectivity index (χ0) is 15.0. The number of rotatable bonds is 2. The summed E-state index contributed by atoms with van der Waals surface area (Å²) >= 11 is 2.94. The fraction of sp³-hybridized carbons (Fsp3) is 0.385. The van der Waals surface area contributed by atoms with Gasteiger partial charge in [-0.1, -0.05) is 15.9 Å². The van der Waals surface area contributed by atoms with Gasteiger partial charge in [0.05, 0.1) is 5.92 Å². The number of carbonyl (C=O) groups excluding carboxylic acids is 1. The molecular formula is C13H12BrF2NO3. The van der Waals surface area contributed by atoms with Gasteiger partial charge in [0.1, 0.15) is 17.2 Å². The maximum Gasteiger partial charge on any atom is 0.308 e. The van der Waals surface area contributed by atoms with E-state index in [0.29, 0.717) is 0 Å². The first-order valence-electron chi connectivity index (χ1n) is 6.01. The maximum absolute atomic E-state index is 13.8. The number of likely N-dealkylation sites (tertiary alicyclic amines) is 1. The van der Waals surface area contributed by atoms with Gasteiger partial charge in [-0.05, 0) is 25.5 Å². The molecule has 0 spiro atoms. The number of nitrogens with zero attached hydrogens (tertiary/aromatic N) is 1. The van der Waals surface area contributed by atoms with Crippen molar-refractivity contribution in [2.45, 2.75) is 19.4 Å². The van der Waals surface area contributed by atoms with Gasteiger partial charge < -0.3 is 10.0 Å². The summed E-state index contributed by atoms with van der Waals surface area (Å²) in [6, 6.07) is 1.42. The predicted octanol–water partition coefficient (Wildman–Crippen LogP) is 2.66. The van der Waals surface area contributed by atoms with Gasteiger partial charge in [0.15, 0.2) is 0 Å². The van der Waals surface area contributed by atoms with E-state index < -0.39 is 41.0 Å². The van der Waals surface area contributed by atoms with Crippen LogP contribution in [0.4, 0.5) is 8.78 Å². The van der Waals surface area contributed by atoms with E-state index >= 15 is 0 Å². The molecule has 7 heteroatoms. The van der Waals surface area contributed by atoms with E-state index in [-0.39, 0.29) is 17.4 Å². The van der Waals surface area contributed by atoms with Crippen molar-refractivity contribution in [2.75, 3.05) is 6.54 Å². The Balaban J connectivity index is 2.32. The van der Waals surface area contributed by atoms with Crippen LogP contribution in [0.15, 0.2) is 16.6 Å². The number of carboxylic acids is 1. The number of hydrogen-bond acceptors (Lipinski definition) is 2. The van der Waals surface area contributed by atoms with Crippen LogP contribution in [0.25, 0.3) is 0 Å². The third kappa shape index (κ3) is 2.54. The summed E-state index contributed by atoms with van der Waals surface area (Å²) in [6.07, 6.45) is 0.280. The molecule has 1 heterocycles. The largest absolute Gasteiger partial charge is 0.481 e. The van der Waals surface area contributed by atoms with Crippen LogP contribution in [0.2, 0.25) is 0 Å². The summed E-state index contributed by atoms with van der Waals surface area (Å²) in [5.74, 6) is -4.46. The number of carboxylic acid groups (broad SMARTS) is 1. The first-order chi connectivity index (χ1) is 9.32. The van der Waals surface area contributed by atoms with Crippen molar-refractivity contribution >= 4 is 27.8 Å². The Morgan fingerprint density at radius 2 is 1.90 bits per heavy atom. The van der Waals surface area contributed by atoms with Gasteiger partial charge in [0, 0.05) is 17.1 Å². The van der Waals surface area contributed by atoms with Gasteiger partial charge in [-0.2, -0.15) is 0 Å². The quantitative estimate of drug-likeness (QED) is 0.894. The molecule has 20 heavy (non-hydrogen) atoms. The molecular weight excluding hydrogens is 336 g/mol. The SMILES string of the molecule is CC1C(C(=O)O)CCN1C(=O)c1c(F)cc(Br)cc1F. The highest BCUT2D eigenvalue weighted by atomic mass is 79.9. The maximum atomic E-state index is 13.8. The molecule has 0 aromatic heterocycles. The van der Waals surface area contributed by atoms with Crippen molar-refractivity contribution < 1.29 is 23.5 Å². The molecule has 4 nitrogen and oxygen atoms in total. The van der Waals surface area contributed by atoms with Gasteiger partial charge in [-0.25, -0.2) is 8.78 Å². The van der Waals surface area contributed by atoms with E-state index in [1.807, 2.05) is 0 Å².